The van der Waals surface area contributed by atoms with Gasteiger partial charge in [-0.25, -0.2) is 0 Å². The average molecular weight is 295 g/mol. The second kappa shape index (κ2) is 7.43. The Bertz CT molecular complexity index is 450. The molecule has 0 amide bonds. The van der Waals surface area contributed by atoms with Gasteiger partial charge in [0.1, 0.15) is 5.75 Å². The molecule has 0 saturated heterocycles. The lowest BCUT2D eigenvalue weighted by atomic mass is 9.96. The van der Waals surface area contributed by atoms with Crippen molar-refractivity contribution in [3.05, 3.63) is 29.8 Å². The van der Waals surface area contributed by atoms with Crippen LogP contribution in [0.1, 0.15) is 38.9 Å². The zero-order valence-electron chi connectivity index (χ0n) is 13.3. The van der Waals surface area contributed by atoms with Gasteiger partial charge in [0.25, 0.3) is 0 Å². The van der Waals surface area contributed by atoms with E-state index in [1.165, 1.54) is 7.11 Å². The van der Waals surface area contributed by atoms with Crippen molar-refractivity contribution in [2.24, 2.45) is 0 Å². The normalized spacial score (nSPS) is 14.4. The quantitative estimate of drug-likeness (QED) is 0.786. The third-order valence-corrected chi connectivity index (χ3v) is 3.07. The Kier molecular flexibility index (Phi) is 6.18. The fourth-order valence-corrected chi connectivity index (χ4v) is 2.09. The molecule has 2 atom stereocenters. The molecule has 1 aromatic rings. The number of esters is 1. The Balaban J connectivity index is 2.91. The van der Waals surface area contributed by atoms with Gasteiger partial charge in [-0.05, 0) is 38.5 Å². The number of rotatable bonds is 6. The molecule has 5 heteroatoms. The van der Waals surface area contributed by atoms with Crippen LogP contribution in [0, 0.1) is 0 Å². The van der Waals surface area contributed by atoms with E-state index in [2.05, 4.69) is 5.32 Å². The number of aliphatic hydroxyl groups is 1. The molecule has 0 radical (unpaired) electrons. The van der Waals surface area contributed by atoms with E-state index < -0.39 is 12.1 Å². The number of carbonyl (C=O) groups excluding carboxylic acids is 1. The minimum atomic E-state index is -0.811. The molecule has 0 aliphatic carbocycles. The molecular weight excluding hydrogens is 270 g/mol. The van der Waals surface area contributed by atoms with Gasteiger partial charge in [-0.1, -0.05) is 12.1 Å². The van der Waals surface area contributed by atoms with Crippen molar-refractivity contribution in [3.63, 3.8) is 0 Å². The highest BCUT2D eigenvalue weighted by atomic mass is 16.5. The Hall–Kier alpha value is -1.59. The van der Waals surface area contributed by atoms with Crippen LogP contribution in [0.4, 0.5) is 0 Å². The molecule has 2 unspecified atom stereocenters. The molecule has 0 heterocycles. The minimum absolute atomic E-state index is 0.0982. The maximum atomic E-state index is 11.6. The van der Waals surface area contributed by atoms with Gasteiger partial charge in [0.05, 0.1) is 26.7 Å². The van der Waals surface area contributed by atoms with E-state index in [-0.39, 0.29) is 17.9 Å². The van der Waals surface area contributed by atoms with Gasteiger partial charge in [0, 0.05) is 11.6 Å². The van der Waals surface area contributed by atoms with E-state index in [1.807, 2.05) is 20.8 Å². The second-order valence-electron chi connectivity index (χ2n) is 6.00. The van der Waals surface area contributed by atoms with Gasteiger partial charge < -0.3 is 19.9 Å². The maximum Gasteiger partial charge on any atom is 0.307 e. The topological polar surface area (TPSA) is 67.8 Å². The molecule has 0 aromatic heterocycles. The average Bonchev–Trinajstić information content (AvgIpc) is 2.44. The number of hydrogen-bond acceptors (Lipinski definition) is 5. The first-order valence-corrected chi connectivity index (χ1v) is 6.93. The first kappa shape index (κ1) is 17.5. The highest BCUT2D eigenvalue weighted by Crippen LogP contribution is 2.23. The summed E-state index contributed by atoms with van der Waals surface area (Å²) >= 11 is 0. The summed E-state index contributed by atoms with van der Waals surface area (Å²) < 4.78 is 9.81. The number of benzene rings is 1. The number of hydrogen-bond donors (Lipinski definition) is 2. The summed E-state index contributed by atoms with van der Waals surface area (Å²) in [6, 6.07) is 6.72. The lowest BCUT2D eigenvalue weighted by Crippen LogP contribution is -2.47. The molecule has 0 bridgehead atoms. The van der Waals surface area contributed by atoms with Gasteiger partial charge in [-0.3, -0.25) is 4.79 Å². The Labute approximate surface area is 126 Å². The summed E-state index contributed by atoms with van der Waals surface area (Å²) in [7, 11) is 2.93. The third-order valence-electron chi connectivity index (χ3n) is 3.07. The third kappa shape index (κ3) is 5.73. The Morgan fingerprint density at radius 1 is 1.24 bits per heavy atom. The van der Waals surface area contributed by atoms with Crippen molar-refractivity contribution < 1.29 is 19.4 Å². The Morgan fingerprint density at radius 3 is 2.24 bits per heavy atom. The summed E-state index contributed by atoms with van der Waals surface area (Å²) in [5, 5.41) is 13.8. The zero-order valence-corrected chi connectivity index (χ0v) is 13.3. The smallest absolute Gasteiger partial charge is 0.307 e. The van der Waals surface area contributed by atoms with Crippen LogP contribution < -0.4 is 10.1 Å². The lowest BCUT2D eigenvalue weighted by molar-refractivity contribution is -0.142. The highest BCUT2D eigenvalue weighted by Gasteiger charge is 2.27. The predicted octanol–water partition coefficient (Wildman–Crippen LogP) is 2.05. The molecule has 1 aromatic carbocycles. The molecule has 2 N–H and O–H groups in total. The van der Waals surface area contributed by atoms with Crippen molar-refractivity contribution in [1.29, 1.82) is 0 Å². The molecular formula is C16H25NO4. The molecule has 0 fully saturated rings. The maximum absolute atomic E-state index is 11.6. The van der Waals surface area contributed by atoms with Crippen LogP contribution in [-0.2, 0) is 9.53 Å². The zero-order chi connectivity index (χ0) is 16.0. The fourth-order valence-electron chi connectivity index (χ4n) is 2.09. The molecule has 0 aliphatic heterocycles. The molecule has 118 valence electrons. The molecule has 0 saturated carbocycles. The standard InChI is InChI=1S/C16H25NO4/c1-16(2,3)17-13(10-14(18)21-5)15(19)11-6-8-12(20-4)9-7-11/h6-9,13,15,17,19H,10H2,1-5H3. The van der Waals surface area contributed by atoms with E-state index in [9.17, 15) is 9.90 Å². The number of nitrogens with one attached hydrogen (secondary N) is 1. The first-order valence-electron chi connectivity index (χ1n) is 6.93. The summed E-state index contributed by atoms with van der Waals surface area (Å²) in [5.41, 5.74) is 0.494. The van der Waals surface area contributed by atoms with Gasteiger partial charge in [0.2, 0.25) is 0 Å². The Morgan fingerprint density at radius 2 is 1.81 bits per heavy atom. The van der Waals surface area contributed by atoms with E-state index in [1.54, 1.807) is 31.4 Å². The van der Waals surface area contributed by atoms with Gasteiger partial charge in [0.15, 0.2) is 0 Å². The van der Waals surface area contributed by atoms with Crippen LogP contribution in [-0.4, -0.2) is 36.9 Å². The molecule has 0 spiro atoms. The molecule has 1 rings (SSSR count). The molecule has 0 aliphatic rings. The van der Waals surface area contributed by atoms with Crippen molar-refractivity contribution in [3.8, 4) is 5.75 Å². The molecule has 21 heavy (non-hydrogen) atoms. The van der Waals surface area contributed by atoms with Crippen molar-refractivity contribution >= 4 is 5.97 Å². The van der Waals surface area contributed by atoms with Crippen LogP contribution in [0.3, 0.4) is 0 Å². The van der Waals surface area contributed by atoms with Crippen LogP contribution in [0.5, 0.6) is 5.75 Å². The van der Waals surface area contributed by atoms with E-state index in [0.29, 0.717) is 0 Å². The predicted molar refractivity (Wildman–Crippen MR) is 81.3 cm³/mol. The second-order valence-corrected chi connectivity index (χ2v) is 6.00. The monoisotopic (exact) mass is 295 g/mol. The van der Waals surface area contributed by atoms with Crippen LogP contribution in [0.25, 0.3) is 0 Å². The van der Waals surface area contributed by atoms with Gasteiger partial charge in [-0.2, -0.15) is 0 Å². The summed E-state index contributed by atoms with van der Waals surface area (Å²) in [5.74, 6) is 0.364. The minimum Gasteiger partial charge on any atom is -0.497 e. The van der Waals surface area contributed by atoms with Crippen molar-refractivity contribution in [1.82, 2.24) is 5.32 Å². The van der Waals surface area contributed by atoms with Crippen LogP contribution in [0.15, 0.2) is 24.3 Å². The van der Waals surface area contributed by atoms with Gasteiger partial charge in [-0.15, -0.1) is 0 Å². The first-order chi connectivity index (χ1) is 9.76. The van der Waals surface area contributed by atoms with Crippen LogP contribution in [0.2, 0.25) is 0 Å². The van der Waals surface area contributed by atoms with Crippen molar-refractivity contribution in [2.75, 3.05) is 14.2 Å². The summed E-state index contributed by atoms with van der Waals surface area (Å²) in [6.45, 7) is 5.95. The number of aliphatic hydroxyl groups excluding tert-OH is 1. The highest BCUT2D eigenvalue weighted by molar-refractivity contribution is 5.70. The van der Waals surface area contributed by atoms with Crippen molar-refractivity contribution in [2.45, 2.75) is 44.9 Å². The van der Waals surface area contributed by atoms with E-state index in [4.69, 9.17) is 9.47 Å². The molecule has 5 nitrogen and oxygen atoms in total. The SMILES string of the molecule is COC(=O)CC(NC(C)(C)C)C(O)c1ccc(OC)cc1. The summed E-state index contributed by atoms with van der Waals surface area (Å²) in [6.07, 6.45) is -0.713. The lowest BCUT2D eigenvalue weighted by Gasteiger charge is -2.31. The number of carbonyl (C=O) groups is 1. The van der Waals surface area contributed by atoms with Gasteiger partial charge >= 0.3 is 5.97 Å². The summed E-state index contributed by atoms with van der Waals surface area (Å²) in [4.78, 5) is 11.6. The van der Waals surface area contributed by atoms with E-state index >= 15 is 0 Å². The number of methoxy groups -OCH3 is 2. The van der Waals surface area contributed by atoms with E-state index in [0.717, 1.165) is 11.3 Å². The fraction of sp³-hybridized carbons (Fsp3) is 0.562. The van der Waals surface area contributed by atoms with Crippen LogP contribution >= 0.6 is 0 Å². The largest absolute Gasteiger partial charge is 0.497 e. The number of ether oxygens (including phenoxy) is 2.